The zero-order valence-corrected chi connectivity index (χ0v) is 9.99. The Morgan fingerprint density at radius 3 is 2.53 bits per heavy atom. The number of aromatic carboxylic acids is 1. The van der Waals surface area contributed by atoms with E-state index in [1.807, 2.05) is 0 Å². The first-order valence-corrected chi connectivity index (χ1v) is 5.23. The van der Waals surface area contributed by atoms with Gasteiger partial charge in [0.2, 0.25) is 0 Å². The third kappa shape index (κ3) is 2.94. The minimum atomic E-state index is -1.21. The topological polar surface area (TPSA) is 69.6 Å². The van der Waals surface area contributed by atoms with Crippen LogP contribution in [0.25, 0.3) is 0 Å². The van der Waals surface area contributed by atoms with Crippen molar-refractivity contribution >= 4 is 11.7 Å². The lowest BCUT2D eigenvalue weighted by atomic mass is 9.97. The zero-order chi connectivity index (χ0) is 13.2. The summed E-state index contributed by atoms with van der Waals surface area (Å²) in [4.78, 5) is 11.0. The van der Waals surface area contributed by atoms with Gasteiger partial charge in [0.05, 0.1) is 22.9 Å². The predicted molar refractivity (Wildman–Crippen MR) is 62.7 cm³/mol. The van der Waals surface area contributed by atoms with Crippen molar-refractivity contribution in [3.63, 3.8) is 0 Å². The average Bonchev–Trinajstić information content (AvgIpc) is 2.20. The van der Waals surface area contributed by atoms with E-state index in [1.54, 1.807) is 20.8 Å². The van der Waals surface area contributed by atoms with E-state index in [0.717, 1.165) is 0 Å². The predicted octanol–water partition coefficient (Wildman–Crippen LogP) is 2.10. The monoisotopic (exact) mass is 241 g/mol. The van der Waals surface area contributed by atoms with Crippen molar-refractivity contribution in [2.75, 3.05) is 5.32 Å². The molecule has 1 atom stereocenters. The van der Waals surface area contributed by atoms with Gasteiger partial charge in [0.15, 0.2) is 0 Å². The van der Waals surface area contributed by atoms with Gasteiger partial charge in [-0.25, -0.2) is 9.18 Å². The Morgan fingerprint density at radius 2 is 2.06 bits per heavy atom. The molecule has 0 saturated carbocycles. The number of carboxylic acid groups (broad SMARTS) is 1. The second kappa shape index (κ2) is 4.71. The van der Waals surface area contributed by atoms with E-state index in [2.05, 4.69) is 5.32 Å². The van der Waals surface area contributed by atoms with Gasteiger partial charge in [-0.1, -0.05) is 6.07 Å². The molecule has 17 heavy (non-hydrogen) atoms. The average molecular weight is 241 g/mol. The van der Waals surface area contributed by atoms with Crippen molar-refractivity contribution in [2.24, 2.45) is 0 Å². The molecule has 0 aliphatic heterocycles. The van der Waals surface area contributed by atoms with Gasteiger partial charge < -0.3 is 15.5 Å². The summed E-state index contributed by atoms with van der Waals surface area (Å²) in [6.07, 6.45) is -0.760. The van der Waals surface area contributed by atoms with Crippen LogP contribution in [0.2, 0.25) is 0 Å². The molecule has 1 rings (SSSR count). The zero-order valence-electron chi connectivity index (χ0n) is 9.99. The maximum absolute atomic E-state index is 13.6. The molecule has 5 heteroatoms. The van der Waals surface area contributed by atoms with Crippen LogP contribution in [0.3, 0.4) is 0 Å². The number of anilines is 1. The molecule has 0 amide bonds. The summed E-state index contributed by atoms with van der Waals surface area (Å²) in [5, 5.41) is 21.2. The summed E-state index contributed by atoms with van der Waals surface area (Å²) in [5.41, 5.74) is -1.09. The first-order chi connectivity index (χ1) is 7.75. The number of aliphatic hydroxyl groups excluding tert-OH is 1. The molecular weight excluding hydrogens is 225 g/mol. The number of halogens is 1. The number of carboxylic acids is 1. The van der Waals surface area contributed by atoms with Crippen molar-refractivity contribution in [3.05, 3.63) is 29.6 Å². The number of carbonyl (C=O) groups is 1. The highest BCUT2D eigenvalue weighted by Gasteiger charge is 2.27. The van der Waals surface area contributed by atoms with E-state index in [0.29, 0.717) is 0 Å². The lowest BCUT2D eigenvalue weighted by Gasteiger charge is -2.31. The fourth-order valence-corrected chi connectivity index (χ4v) is 1.26. The van der Waals surface area contributed by atoms with Crippen LogP contribution < -0.4 is 5.32 Å². The van der Waals surface area contributed by atoms with Crippen LogP contribution in [0.1, 0.15) is 31.1 Å². The minimum absolute atomic E-state index is 0.106. The number of para-hydroxylation sites is 1. The quantitative estimate of drug-likeness (QED) is 0.755. The van der Waals surface area contributed by atoms with Crippen molar-refractivity contribution < 1.29 is 19.4 Å². The van der Waals surface area contributed by atoms with E-state index in [1.165, 1.54) is 18.2 Å². The Kier molecular flexibility index (Phi) is 3.72. The lowest BCUT2D eigenvalue weighted by molar-refractivity contribution is 0.0696. The van der Waals surface area contributed by atoms with E-state index >= 15 is 0 Å². The van der Waals surface area contributed by atoms with Crippen LogP contribution >= 0.6 is 0 Å². The molecular formula is C12H16FNO3. The van der Waals surface area contributed by atoms with Gasteiger partial charge in [-0.05, 0) is 32.9 Å². The summed E-state index contributed by atoms with van der Waals surface area (Å²) >= 11 is 0. The van der Waals surface area contributed by atoms with Gasteiger partial charge in [-0.2, -0.15) is 0 Å². The second-order valence-electron chi connectivity index (χ2n) is 4.49. The summed E-state index contributed by atoms with van der Waals surface area (Å²) in [5.74, 6) is -1.87. The number of aliphatic hydroxyl groups is 1. The third-order valence-corrected chi connectivity index (χ3v) is 2.74. The molecule has 0 heterocycles. The fraction of sp³-hybridized carbons (Fsp3) is 0.417. The lowest BCUT2D eigenvalue weighted by Crippen LogP contribution is -2.42. The Bertz CT molecular complexity index is 430. The van der Waals surface area contributed by atoms with Crippen LogP contribution in [0, 0.1) is 5.82 Å². The molecule has 0 aliphatic rings. The number of hydrogen-bond donors (Lipinski definition) is 3. The molecule has 94 valence electrons. The number of nitrogens with one attached hydrogen (secondary N) is 1. The van der Waals surface area contributed by atoms with Crippen LogP contribution in [0.15, 0.2) is 18.2 Å². The van der Waals surface area contributed by atoms with Gasteiger partial charge >= 0.3 is 5.97 Å². The number of hydrogen-bond acceptors (Lipinski definition) is 3. The number of rotatable bonds is 4. The smallest absolute Gasteiger partial charge is 0.337 e. The Morgan fingerprint density at radius 1 is 1.47 bits per heavy atom. The summed E-state index contributed by atoms with van der Waals surface area (Å²) < 4.78 is 13.6. The van der Waals surface area contributed by atoms with Gasteiger partial charge in [-0.15, -0.1) is 0 Å². The normalized spacial score (nSPS) is 13.2. The molecule has 4 nitrogen and oxygen atoms in total. The first-order valence-electron chi connectivity index (χ1n) is 5.23. The number of benzene rings is 1. The van der Waals surface area contributed by atoms with Crippen molar-refractivity contribution in [1.82, 2.24) is 0 Å². The van der Waals surface area contributed by atoms with Crippen LogP contribution in [-0.2, 0) is 0 Å². The molecule has 0 aliphatic carbocycles. The standard InChI is InChI=1S/C12H16FNO3/c1-7(15)12(2,3)14-10-8(11(16)17)5-4-6-9(10)13/h4-7,14-15H,1-3H3,(H,16,17). The summed E-state index contributed by atoms with van der Waals surface area (Å²) in [7, 11) is 0. The van der Waals surface area contributed by atoms with Gasteiger partial charge in [0.1, 0.15) is 5.82 Å². The highest BCUT2D eigenvalue weighted by Crippen LogP contribution is 2.25. The van der Waals surface area contributed by atoms with E-state index in [-0.39, 0.29) is 11.3 Å². The van der Waals surface area contributed by atoms with Crippen molar-refractivity contribution in [1.29, 1.82) is 0 Å². The molecule has 1 aromatic carbocycles. The van der Waals surface area contributed by atoms with Gasteiger partial charge in [-0.3, -0.25) is 0 Å². The highest BCUT2D eigenvalue weighted by atomic mass is 19.1. The second-order valence-corrected chi connectivity index (χ2v) is 4.49. The molecule has 0 saturated heterocycles. The largest absolute Gasteiger partial charge is 0.478 e. The SMILES string of the molecule is CC(O)C(C)(C)Nc1c(F)cccc1C(=O)O. The summed E-state index contributed by atoms with van der Waals surface area (Å²) in [6, 6.07) is 3.82. The molecule has 3 N–H and O–H groups in total. The maximum atomic E-state index is 13.6. The minimum Gasteiger partial charge on any atom is -0.478 e. The van der Waals surface area contributed by atoms with Crippen LogP contribution in [-0.4, -0.2) is 27.8 Å². The molecule has 0 spiro atoms. The maximum Gasteiger partial charge on any atom is 0.337 e. The van der Waals surface area contributed by atoms with Gasteiger partial charge in [0, 0.05) is 0 Å². The molecule has 1 unspecified atom stereocenters. The molecule has 0 fully saturated rings. The Hall–Kier alpha value is -1.62. The molecule has 0 aromatic heterocycles. The Balaban J connectivity index is 3.18. The van der Waals surface area contributed by atoms with Crippen LogP contribution in [0.4, 0.5) is 10.1 Å². The third-order valence-electron chi connectivity index (χ3n) is 2.74. The van der Waals surface area contributed by atoms with E-state index in [4.69, 9.17) is 5.11 Å². The Labute approximate surface area is 99.1 Å². The van der Waals surface area contributed by atoms with Crippen molar-refractivity contribution in [3.8, 4) is 0 Å². The highest BCUT2D eigenvalue weighted by molar-refractivity contribution is 5.94. The van der Waals surface area contributed by atoms with E-state index in [9.17, 15) is 14.3 Å². The summed E-state index contributed by atoms with van der Waals surface area (Å²) in [6.45, 7) is 4.87. The van der Waals surface area contributed by atoms with Crippen LogP contribution in [0.5, 0.6) is 0 Å². The molecule has 0 bridgehead atoms. The first kappa shape index (κ1) is 13.4. The van der Waals surface area contributed by atoms with E-state index < -0.39 is 23.4 Å². The fourth-order valence-electron chi connectivity index (χ4n) is 1.26. The van der Waals surface area contributed by atoms with Gasteiger partial charge in [0.25, 0.3) is 0 Å². The molecule has 1 aromatic rings. The van der Waals surface area contributed by atoms with Crippen molar-refractivity contribution in [2.45, 2.75) is 32.4 Å². The molecule has 0 radical (unpaired) electrons.